The second-order valence-electron chi connectivity index (χ2n) is 13.3. The van der Waals surface area contributed by atoms with E-state index >= 15 is 0 Å². The largest absolute Gasteiger partial charge is 0.338 e. The lowest BCUT2D eigenvalue weighted by Gasteiger charge is -2.51. The molecule has 6 rings (SSSR count). The molecule has 3 saturated heterocycles. The van der Waals surface area contributed by atoms with Crippen molar-refractivity contribution in [2.75, 3.05) is 45.8 Å². The molecule has 1 saturated carbocycles. The molecule has 1 aromatic carbocycles. The zero-order valence-electron chi connectivity index (χ0n) is 25.6. The fourth-order valence-electron chi connectivity index (χ4n) is 7.44. The van der Waals surface area contributed by atoms with Crippen molar-refractivity contribution < 1.29 is 4.79 Å². The van der Waals surface area contributed by atoms with Gasteiger partial charge in [-0.05, 0) is 108 Å². The van der Waals surface area contributed by atoms with Crippen molar-refractivity contribution in [3.63, 3.8) is 0 Å². The number of hydrogen-bond acceptors (Lipinski definition) is 7. The normalized spacial score (nSPS) is 23.0. The molecular weight excluding hydrogens is 564 g/mol. The molecule has 0 radical (unpaired) electrons. The number of aromatic nitrogens is 2. The third-order valence-electron chi connectivity index (χ3n) is 10.4. The average molecular weight is 611 g/mol. The maximum absolute atomic E-state index is 13.3. The molecule has 1 aromatic heterocycles. The summed E-state index contributed by atoms with van der Waals surface area (Å²) in [7, 11) is 0. The van der Waals surface area contributed by atoms with Gasteiger partial charge in [0, 0.05) is 73.4 Å². The van der Waals surface area contributed by atoms with Gasteiger partial charge in [-0.2, -0.15) is 0 Å². The SMILES string of the molecule is Cc1ncnc(C)c1C(=O)N1CCC(C)(N2CCC(N(CC3CC3)C3CCN(Sc4cccc(Cl)c4)CC3)CC2)CC1. The first-order chi connectivity index (χ1) is 20.3. The number of halogens is 1. The molecule has 0 spiro atoms. The van der Waals surface area contributed by atoms with E-state index in [0.29, 0.717) is 17.6 Å². The molecule has 1 aliphatic carbocycles. The van der Waals surface area contributed by atoms with Gasteiger partial charge in [0.2, 0.25) is 0 Å². The highest BCUT2D eigenvalue weighted by Crippen LogP contribution is 2.38. The molecule has 3 aliphatic heterocycles. The number of rotatable bonds is 8. The van der Waals surface area contributed by atoms with Crippen molar-refractivity contribution in [1.82, 2.24) is 29.0 Å². The summed E-state index contributed by atoms with van der Waals surface area (Å²) >= 11 is 8.09. The van der Waals surface area contributed by atoms with Crippen molar-refractivity contribution in [3.8, 4) is 0 Å². The van der Waals surface area contributed by atoms with Gasteiger partial charge in [0.15, 0.2) is 0 Å². The average Bonchev–Trinajstić information content (AvgIpc) is 3.81. The lowest BCUT2D eigenvalue weighted by atomic mass is 9.84. The quantitative estimate of drug-likeness (QED) is 0.335. The van der Waals surface area contributed by atoms with Crippen LogP contribution in [0.15, 0.2) is 35.5 Å². The van der Waals surface area contributed by atoms with Crippen LogP contribution in [0.1, 0.15) is 80.0 Å². The van der Waals surface area contributed by atoms with Crippen LogP contribution < -0.4 is 0 Å². The molecule has 4 aliphatic rings. The summed E-state index contributed by atoms with van der Waals surface area (Å²) in [5.74, 6) is 1.02. The van der Waals surface area contributed by atoms with Gasteiger partial charge in [-0.25, -0.2) is 14.3 Å². The molecule has 1 amide bonds. The molecular formula is C33H47ClN6OS. The molecule has 228 valence electrons. The minimum atomic E-state index is 0.0964. The first-order valence-electron chi connectivity index (χ1n) is 16.1. The molecule has 0 unspecified atom stereocenters. The standard InChI is InChI=1S/C33H47ClN6OS/c1-24-31(25(2)36-23-35-24)32(41)37-19-13-33(3,14-20-37)38-15-9-28(10-16-38)40(22-26-7-8-26)29-11-17-39(18-12-29)42-30-6-4-5-27(34)21-30/h4-6,21,23,26,28-29H,7-20,22H2,1-3H3. The number of benzene rings is 1. The van der Waals surface area contributed by atoms with Crippen molar-refractivity contribution in [1.29, 1.82) is 0 Å². The van der Waals surface area contributed by atoms with E-state index in [1.807, 2.05) is 42.8 Å². The number of carbonyl (C=O) groups is 1. The fourth-order valence-corrected chi connectivity index (χ4v) is 8.70. The number of carbonyl (C=O) groups excluding carboxylic acids is 1. The lowest BCUT2D eigenvalue weighted by molar-refractivity contribution is -0.0104. The van der Waals surface area contributed by atoms with Crippen molar-refractivity contribution in [2.24, 2.45) is 5.92 Å². The predicted octanol–water partition coefficient (Wildman–Crippen LogP) is 6.09. The van der Waals surface area contributed by atoms with Crippen LogP contribution in [0.4, 0.5) is 0 Å². The van der Waals surface area contributed by atoms with Gasteiger partial charge in [0.05, 0.1) is 17.0 Å². The van der Waals surface area contributed by atoms with Crippen LogP contribution in [-0.4, -0.2) is 98.3 Å². The summed E-state index contributed by atoms with van der Waals surface area (Å²) in [5.41, 5.74) is 2.42. The van der Waals surface area contributed by atoms with Gasteiger partial charge in [-0.15, -0.1) is 0 Å². The summed E-state index contributed by atoms with van der Waals surface area (Å²) in [5, 5.41) is 0.817. The van der Waals surface area contributed by atoms with Crippen LogP contribution in [0.2, 0.25) is 5.02 Å². The van der Waals surface area contributed by atoms with E-state index in [9.17, 15) is 4.79 Å². The van der Waals surface area contributed by atoms with E-state index in [1.165, 1.54) is 63.1 Å². The Morgan fingerprint density at radius 2 is 1.57 bits per heavy atom. The van der Waals surface area contributed by atoms with Crippen molar-refractivity contribution in [2.45, 2.75) is 94.7 Å². The zero-order chi connectivity index (χ0) is 29.3. The van der Waals surface area contributed by atoms with E-state index in [-0.39, 0.29) is 11.4 Å². The number of hydrogen-bond donors (Lipinski definition) is 0. The van der Waals surface area contributed by atoms with Crippen LogP contribution in [-0.2, 0) is 0 Å². The highest BCUT2D eigenvalue weighted by atomic mass is 35.5. The van der Waals surface area contributed by atoms with E-state index in [1.54, 1.807) is 6.33 Å². The summed E-state index contributed by atoms with van der Waals surface area (Å²) < 4.78 is 2.53. The minimum absolute atomic E-state index is 0.0964. The summed E-state index contributed by atoms with van der Waals surface area (Å²) in [6.07, 6.45) is 11.5. The van der Waals surface area contributed by atoms with E-state index in [4.69, 9.17) is 11.6 Å². The number of amides is 1. The number of likely N-dealkylation sites (tertiary alicyclic amines) is 2. The second kappa shape index (κ2) is 13.1. The fraction of sp³-hybridized carbons (Fsp3) is 0.667. The molecule has 9 heteroatoms. The monoisotopic (exact) mass is 610 g/mol. The Kier molecular flexibility index (Phi) is 9.46. The Hall–Kier alpha value is -1.71. The topological polar surface area (TPSA) is 55.8 Å². The van der Waals surface area contributed by atoms with Gasteiger partial charge in [-0.1, -0.05) is 17.7 Å². The third kappa shape index (κ3) is 6.99. The molecule has 0 atom stereocenters. The first kappa shape index (κ1) is 30.3. The predicted molar refractivity (Wildman–Crippen MR) is 171 cm³/mol. The number of aryl methyl sites for hydroxylation is 2. The van der Waals surface area contributed by atoms with Gasteiger partial charge < -0.3 is 4.90 Å². The van der Waals surface area contributed by atoms with Gasteiger partial charge in [-0.3, -0.25) is 14.6 Å². The summed E-state index contributed by atoms with van der Waals surface area (Å²) in [6, 6.07) is 9.65. The van der Waals surface area contributed by atoms with Crippen LogP contribution in [0.25, 0.3) is 0 Å². The molecule has 4 fully saturated rings. The van der Waals surface area contributed by atoms with Gasteiger partial charge in [0.1, 0.15) is 6.33 Å². The van der Waals surface area contributed by atoms with Crippen molar-refractivity contribution in [3.05, 3.63) is 52.6 Å². The number of nitrogens with zero attached hydrogens (tertiary/aromatic N) is 6. The Morgan fingerprint density at radius 1 is 0.952 bits per heavy atom. The lowest BCUT2D eigenvalue weighted by Crippen LogP contribution is -2.59. The van der Waals surface area contributed by atoms with Crippen LogP contribution in [0.3, 0.4) is 0 Å². The van der Waals surface area contributed by atoms with Crippen LogP contribution in [0.5, 0.6) is 0 Å². The highest BCUT2D eigenvalue weighted by Gasteiger charge is 2.41. The molecule has 0 bridgehead atoms. The molecule has 42 heavy (non-hydrogen) atoms. The van der Waals surface area contributed by atoms with E-state index in [0.717, 1.165) is 61.3 Å². The van der Waals surface area contributed by atoms with Gasteiger partial charge in [0.25, 0.3) is 5.91 Å². The molecule has 0 N–H and O–H groups in total. The Bertz CT molecular complexity index is 1210. The van der Waals surface area contributed by atoms with E-state index < -0.39 is 0 Å². The maximum atomic E-state index is 13.3. The van der Waals surface area contributed by atoms with Crippen molar-refractivity contribution >= 4 is 29.5 Å². The molecule has 2 aromatic rings. The molecule has 4 heterocycles. The van der Waals surface area contributed by atoms with Crippen LogP contribution in [0, 0.1) is 19.8 Å². The Morgan fingerprint density at radius 3 is 2.17 bits per heavy atom. The summed E-state index contributed by atoms with van der Waals surface area (Å²) in [6.45, 7) is 13.8. The third-order valence-corrected chi connectivity index (χ3v) is 11.7. The molecule has 7 nitrogen and oxygen atoms in total. The highest BCUT2D eigenvalue weighted by molar-refractivity contribution is 7.97. The maximum Gasteiger partial charge on any atom is 0.257 e. The second-order valence-corrected chi connectivity index (χ2v) is 14.9. The van der Waals surface area contributed by atoms with Crippen LogP contribution >= 0.6 is 23.5 Å². The minimum Gasteiger partial charge on any atom is -0.338 e. The first-order valence-corrected chi connectivity index (χ1v) is 17.2. The smallest absolute Gasteiger partial charge is 0.257 e. The Labute approximate surface area is 261 Å². The van der Waals surface area contributed by atoms with Gasteiger partial charge >= 0.3 is 0 Å². The number of piperidine rings is 3. The Balaban J connectivity index is 1.01. The zero-order valence-corrected chi connectivity index (χ0v) is 27.2. The van der Waals surface area contributed by atoms with E-state index in [2.05, 4.69) is 43.1 Å². The summed E-state index contributed by atoms with van der Waals surface area (Å²) in [4.78, 5) is 30.9.